The molecule has 2 fully saturated rings. The van der Waals surface area contributed by atoms with Crippen molar-refractivity contribution in [1.82, 2.24) is 4.90 Å². The largest absolute Gasteiger partial charge is 0.460 e. The number of rotatable bonds is 3. The second kappa shape index (κ2) is 6.25. The summed E-state index contributed by atoms with van der Waals surface area (Å²) >= 11 is 0. The normalized spacial score (nSPS) is 27.8. The van der Waals surface area contributed by atoms with Crippen LogP contribution in [-0.4, -0.2) is 47.8 Å². The number of hydrogen-bond donors (Lipinski definition) is 0. The molecule has 0 spiro atoms. The number of nitrogens with zero attached hydrogens (tertiary/aromatic N) is 1. The minimum absolute atomic E-state index is 0.0274. The van der Waals surface area contributed by atoms with Crippen molar-refractivity contribution in [1.29, 1.82) is 0 Å². The SMILES string of the molecule is CC(C)(C)OC(=O)C1CCN(CC2CCC(C)(C)O2)CC1. The lowest BCUT2D eigenvalue weighted by Gasteiger charge is -2.34. The summed E-state index contributed by atoms with van der Waals surface area (Å²) < 4.78 is 11.5. The molecule has 0 amide bonds. The van der Waals surface area contributed by atoms with Crippen LogP contribution in [0.25, 0.3) is 0 Å². The molecule has 0 radical (unpaired) electrons. The fourth-order valence-corrected chi connectivity index (χ4v) is 3.23. The molecule has 0 bridgehead atoms. The molecule has 2 saturated heterocycles. The quantitative estimate of drug-likeness (QED) is 0.751. The van der Waals surface area contributed by atoms with Gasteiger partial charge in [-0.25, -0.2) is 0 Å². The van der Waals surface area contributed by atoms with Crippen molar-refractivity contribution < 1.29 is 14.3 Å². The number of piperidine rings is 1. The molecule has 0 N–H and O–H groups in total. The smallest absolute Gasteiger partial charge is 0.309 e. The maximum atomic E-state index is 12.1. The molecule has 4 nitrogen and oxygen atoms in total. The van der Waals surface area contributed by atoms with Crippen molar-refractivity contribution in [2.75, 3.05) is 19.6 Å². The van der Waals surface area contributed by atoms with E-state index in [0.717, 1.165) is 45.3 Å². The second-order valence-electron chi connectivity index (χ2n) is 8.15. The van der Waals surface area contributed by atoms with Crippen LogP contribution in [0, 0.1) is 5.92 Å². The fourth-order valence-electron chi connectivity index (χ4n) is 3.23. The summed E-state index contributed by atoms with van der Waals surface area (Å²) in [7, 11) is 0. The van der Waals surface area contributed by atoms with Crippen molar-refractivity contribution in [2.24, 2.45) is 5.92 Å². The summed E-state index contributed by atoms with van der Waals surface area (Å²) in [5.41, 5.74) is -0.336. The number of likely N-dealkylation sites (tertiary alicyclic amines) is 1. The average molecular weight is 297 g/mol. The summed E-state index contributed by atoms with van der Waals surface area (Å²) in [6.07, 6.45) is 4.47. The first-order valence-electron chi connectivity index (χ1n) is 8.28. The molecule has 0 saturated carbocycles. The van der Waals surface area contributed by atoms with E-state index in [4.69, 9.17) is 9.47 Å². The van der Waals surface area contributed by atoms with Crippen molar-refractivity contribution in [3.8, 4) is 0 Å². The van der Waals surface area contributed by atoms with Gasteiger partial charge >= 0.3 is 5.97 Å². The van der Waals surface area contributed by atoms with E-state index in [1.807, 2.05) is 20.8 Å². The Kier molecular flexibility index (Phi) is 4.99. The van der Waals surface area contributed by atoms with E-state index in [0.29, 0.717) is 6.10 Å². The molecule has 2 heterocycles. The lowest BCUT2D eigenvalue weighted by atomic mass is 9.96. The third-order valence-electron chi connectivity index (χ3n) is 4.34. The van der Waals surface area contributed by atoms with Crippen LogP contribution in [0.2, 0.25) is 0 Å². The lowest BCUT2D eigenvalue weighted by Crippen LogP contribution is -2.42. The summed E-state index contributed by atoms with van der Waals surface area (Å²) in [6, 6.07) is 0. The Morgan fingerprint density at radius 2 is 1.86 bits per heavy atom. The Morgan fingerprint density at radius 1 is 1.24 bits per heavy atom. The van der Waals surface area contributed by atoms with Gasteiger partial charge in [-0.15, -0.1) is 0 Å². The first-order chi connectivity index (χ1) is 9.65. The number of carbonyl (C=O) groups excluding carboxylic acids is 1. The molecule has 1 unspecified atom stereocenters. The molecule has 0 aromatic rings. The van der Waals surface area contributed by atoms with Crippen LogP contribution in [0.1, 0.15) is 60.3 Å². The molecule has 21 heavy (non-hydrogen) atoms. The van der Waals surface area contributed by atoms with Crippen LogP contribution >= 0.6 is 0 Å². The fraction of sp³-hybridized carbons (Fsp3) is 0.941. The molecule has 2 rings (SSSR count). The molecule has 0 aromatic carbocycles. The van der Waals surface area contributed by atoms with Crippen LogP contribution in [0.15, 0.2) is 0 Å². The standard InChI is InChI=1S/C17H31NO3/c1-16(2,3)21-15(19)13-7-10-18(11-8-13)12-14-6-9-17(4,5)20-14/h13-14H,6-12H2,1-5H3. The van der Waals surface area contributed by atoms with Gasteiger partial charge in [-0.1, -0.05) is 0 Å². The Bertz CT molecular complexity index is 365. The molecule has 0 aromatic heterocycles. The van der Waals surface area contributed by atoms with Crippen LogP contribution < -0.4 is 0 Å². The summed E-state index contributed by atoms with van der Waals surface area (Å²) in [5.74, 6) is 0.0433. The molecule has 1 atom stereocenters. The predicted octanol–water partition coefficient (Wildman–Crippen LogP) is 3.00. The van der Waals surface area contributed by atoms with Crippen molar-refractivity contribution in [2.45, 2.75) is 77.6 Å². The molecular weight excluding hydrogens is 266 g/mol. The van der Waals surface area contributed by atoms with E-state index in [2.05, 4.69) is 18.7 Å². The Hall–Kier alpha value is -0.610. The minimum Gasteiger partial charge on any atom is -0.460 e. The van der Waals surface area contributed by atoms with Crippen LogP contribution in [-0.2, 0) is 14.3 Å². The van der Waals surface area contributed by atoms with E-state index >= 15 is 0 Å². The Balaban J connectivity index is 1.72. The lowest BCUT2D eigenvalue weighted by molar-refractivity contribution is -0.161. The number of carbonyl (C=O) groups is 1. The third kappa shape index (κ3) is 5.26. The Labute approximate surface area is 129 Å². The van der Waals surface area contributed by atoms with Gasteiger partial charge in [0.15, 0.2) is 0 Å². The van der Waals surface area contributed by atoms with Crippen LogP contribution in [0.5, 0.6) is 0 Å². The zero-order valence-corrected chi connectivity index (χ0v) is 14.3. The zero-order chi connectivity index (χ0) is 15.7. The van der Waals surface area contributed by atoms with Gasteiger partial charge in [0, 0.05) is 6.54 Å². The van der Waals surface area contributed by atoms with Gasteiger partial charge < -0.3 is 14.4 Å². The average Bonchev–Trinajstić information content (AvgIpc) is 2.67. The summed E-state index contributed by atoms with van der Waals surface area (Å²) in [6.45, 7) is 13.1. The predicted molar refractivity (Wildman–Crippen MR) is 83.2 cm³/mol. The highest BCUT2D eigenvalue weighted by atomic mass is 16.6. The highest BCUT2D eigenvalue weighted by Crippen LogP contribution is 2.30. The summed E-state index contributed by atoms with van der Waals surface area (Å²) in [4.78, 5) is 14.5. The third-order valence-corrected chi connectivity index (χ3v) is 4.34. The molecule has 122 valence electrons. The van der Waals surface area contributed by atoms with Gasteiger partial charge in [-0.05, 0) is 73.4 Å². The first-order valence-corrected chi connectivity index (χ1v) is 8.28. The minimum atomic E-state index is -0.377. The molecule has 0 aliphatic carbocycles. The van der Waals surface area contributed by atoms with Gasteiger partial charge in [-0.3, -0.25) is 4.79 Å². The van der Waals surface area contributed by atoms with Gasteiger partial charge in [0.25, 0.3) is 0 Å². The Morgan fingerprint density at radius 3 is 2.33 bits per heavy atom. The number of ether oxygens (including phenoxy) is 2. The topological polar surface area (TPSA) is 38.8 Å². The monoisotopic (exact) mass is 297 g/mol. The van der Waals surface area contributed by atoms with Crippen molar-refractivity contribution >= 4 is 5.97 Å². The first kappa shape index (κ1) is 16.8. The van der Waals surface area contributed by atoms with Gasteiger partial charge in [0.2, 0.25) is 0 Å². The van der Waals surface area contributed by atoms with E-state index < -0.39 is 0 Å². The van der Waals surface area contributed by atoms with Crippen LogP contribution in [0.3, 0.4) is 0 Å². The molecule has 2 aliphatic rings. The van der Waals surface area contributed by atoms with Gasteiger partial charge in [0.05, 0.1) is 17.6 Å². The van der Waals surface area contributed by atoms with Crippen LogP contribution in [0.4, 0.5) is 0 Å². The molecular formula is C17H31NO3. The van der Waals surface area contributed by atoms with E-state index in [9.17, 15) is 4.79 Å². The number of esters is 1. The molecule has 4 heteroatoms. The van der Waals surface area contributed by atoms with E-state index in [-0.39, 0.29) is 23.1 Å². The van der Waals surface area contributed by atoms with Crippen molar-refractivity contribution in [3.63, 3.8) is 0 Å². The van der Waals surface area contributed by atoms with E-state index in [1.165, 1.54) is 0 Å². The maximum absolute atomic E-state index is 12.1. The van der Waals surface area contributed by atoms with Gasteiger partial charge in [0.1, 0.15) is 5.60 Å². The zero-order valence-electron chi connectivity index (χ0n) is 14.3. The van der Waals surface area contributed by atoms with Crippen molar-refractivity contribution in [3.05, 3.63) is 0 Å². The highest BCUT2D eigenvalue weighted by Gasteiger charge is 2.34. The van der Waals surface area contributed by atoms with E-state index in [1.54, 1.807) is 0 Å². The maximum Gasteiger partial charge on any atom is 0.309 e. The number of hydrogen-bond acceptors (Lipinski definition) is 4. The highest BCUT2D eigenvalue weighted by molar-refractivity contribution is 5.73. The second-order valence-corrected chi connectivity index (χ2v) is 8.15. The molecule has 2 aliphatic heterocycles. The van der Waals surface area contributed by atoms with Gasteiger partial charge in [-0.2, -0.15) is 0 Å². The summed E-state index contributed by atoms with van der Waals surface area (Å²) in [5, 5.41) is 0.